The third-order valence-corrected chi connectivity index (χ3v) is 6.19. The van der Waals surface area contributed by atoms with Crippen molar-refractivity contribution < 1.29 is 0 Å². The van der Waals surface area contributed by atoms with Crippen molar-refractivity contribution in [2.24, 2.45) is 0 Å². The normalized spacial score (nSPS) is 10.2. The summed E-state index contributed by atoms with van der Waals surface area (Å²) in [5.74, 6) is 0. The van der Waals surface area contributed by atoms with Crippen LogP contribution < -0.4 is 3.69 Å². The fraction of sp³-hybridized carbons (Fsp3) is 0.294. The van der Waals surface area contributed by atoms with E-state index in [0.29, 0.717) is 0 Å². The molecule has 0 nitrogen and oxygen atoms in total. The number of unbranched alkanes of at least 4 members (excludes halogenated alkanes) is 2. The van der Waals surface area contributed by atoms with Gasteiger partial charge in [0.15, 0.2) is 0 Å². The lowest BCUT2D eigenvalue weighted by Gasteiger charge is -2.05. The fourth-order valence-electron chi connectivity index (χ4n) is 2.23. The van der Waals surface area contributed by atoms with E-state index in [1.54, 1.807) is 0 Å². The van der Waals surface area contributed by atoms with Crippen LogP contribution in [0.4, 0.5) is 0 Å². The van der Waals surface area contributed by atoms with Crippen molar-refractivity contribution in [3.05, 3.63) is 54.1 Å². The number of benzene rings is 2. The van der Waals surface area contributed by atoms with Crippen molar-refractivity contribution in [3.63, 3.8) is 0 Å². The van der Waals surface area contributed by atoms with Gasteiger partial charge in [0.1, 0.15) is 0 Å². The van der Waals surface area contributed by atoms with E-state index in [2.05, 4.69) is 68.3 Å². The number of rotatable bonds is 6. The Morgan fingerprint density at radius 2 is 1.42 bits per heavy atom. The van der Waals surface area contributed by atoms with Gasteiger partial charge in [-0.2, -0.15) is 3.69 Å². The molecular weight excluding hydrogens is 308 g/mol. The van der Waals surface area contributed by atoms with Gasteiger partial charge in [-0.3, -0.25) is 12.9 Å². The Hall–Kier alpha value is -0.314. The average molecular weight is 328 g/mol. The molecule has 2 aromatic carbocycles. The lowest BCUT2D eigenvalue weighted by atomic mass is 10.0. The predicted octanol–water partition coefficient (Wildman–Crippen LogP) is 4.73. The molecule has 2 heteroatoms. The van der Waals surface area contributed by atoms with Crippen LogP contribution in [-0.2, 0) is 6.42 Å². The summed E-state index contributed by atoms with van der Waals surface area (Å²) >= 11 is 3.41. The molecule has 0 N–H and O–H groups in total. The fourth-order valence-corrected chi connectivity index (χ4v) is 3.76. The van der Waals surface area contributed by atoms with Crippen LogP contribution in [0.1, 0.15) is 31.7 Å². The maximum absolute atomic E-state index is 3.62. The number of halogens is 1. The Labute approximate surface area is 132 Å². The Kier molecular flexibility index (Phi) is 6.41. The second-order valence-electron chi connectivity index (χ2n) is 4.98. The number of hydrogen-bond acceptors (Lipinski definition) is 0. The van der Waals surface area contributed by atoms with Crippen molar-refractivity contribution >= 4 is 34.8 Å². The Balaban J connectivity index is 2.04. The van der Waals surface area contributed by atoms with Crippen LogP contribution in [0.15, 0.2) is 48.5 Å². The van der Waals surface area contributed by atoms with Crippen LogP contribution in [0.25, 0.3) is 11.1 Å². The molecule has 0 unspecified atom stereocenters. The monoisotopic (exact) mass is 326 g/mol. The van der Waals surface area contributed by atoms with Gasteiger partial charge in [0.2, 0.25) is 0 Å². The van der Waals surface area contributed by atoms with E-state index in [4.69, 9.17) is 0 Å². The number of hydrogen-bond donors (Lipinski definition) is 0. The minimum atomic E-state index is -0.211. The summed E-state index contributed by atoms with van der Waals surface area (Å²) in [5.41, 5.74) is 4.10. The van der Waals surface area contributed by atoms with Crippen molar-refractivity contribution in [3.8, 4) is 11.1 Å². The zero-order valence-electron chi connectivity index (χ0n) is 11.5. The van der Waals surface area contributed by atoms with Crippen molar-refractivity contribution in [1.29, 1.82) is 0 Å². The minimum Gasteiger partial charge on any atom is -0.296 e. The van der Waals surface area contributed by atoms with E-state index in [0.717, 1.165) is 0 Å². The molecule has 0 spiro atoms. The first kappa shape index (κ1) is 15.1. The summed E-state index contributed by atoms with van der Waals surface area (Å²) in [4.78, 5) is 0. The maximum Gasteiger partial charge on any atom is 0.506 e. The smallest absolute Gasteiger partial charge is 0.296 e. The highest BCUT2D eigenvalue weighted by Gasteiger charge is 2.00. The highest BCUT2D eigenvalue weighted by molar-refractivity contribution is 9.23. The lowest BCUT2D eigenvalue weighted by molar-refractivity contribution is 0.717. The summed E-state index contributed by atoms with van der Waals surface area (Å²) in [7, 11) is 0. The molecule has 0 radical (unpaired) electrons. The highest BCUT2D eigenvalue weighted by Crippen LogP contribution is 2.19. The summed E-state index contributed by atoms with van der Waals surface area (Å²) < 4.78 is 1.46. The van der Waals surface area contributed by atoms with Crippen LogP contribution in [0, 0.1) is 0 Å². The van der Waals surface area contributed by atoms with E-state index >= 15 is 0 Å². The molecule has 0 saturated carbocycles. The molecule has 0 bridgehead atoms. The molecule has 0 heterocycles. The van der Waals surface area contributed by atoms with E-state index in [-0.39, 0.29) is 18.2 Å². The zero-order valence-corrected chi connectivity index (χ0v) is 14.5. The van der Waals surface area contributed by atoms with Crippen molar-refractivity contribution in [1.82, 2.24) is 0 Å². The topological polar surface area (TPSA) is 0 Å². The third-order valence-electron chi connectivity index (χ3n) is 3.46. The van der Waals surface area contributed by atoms with Crippen LogP contribution >= 0.6 is 12.9 Å². The van der Waals surface area contributed by atoms with Gasteiger partial charge in [0, 0.05) is 0 Å². The van der Waals surface area contributed by atoms with Crippen LogP contribution in [0.5, 0.6) is 0 Å². The van der Waals surface area contributed by atoms with Crippen LogP contribution in [0.2, 0.25) is 0 Å². The molecule has 0 atom stereocenters. The van der Waals surface area contributed by atoms with Gasteiger partial charge < -0.3 is 0 Å². The first-order valence-corrected chi connectivity index (χ1v) is 11.7. The quantitative estimate of drug-likeness (QED) is 0.532. The molecule has 0 saturated heterocycles. The van der Waals surface area contributed by atoms with E-state index in [1.807, 2.05) is 0 Å². The molecule has 0 fully saturated rings. The van der Waals surface area contributed by atoms with Gasteiger partial charge in [-0.05, 0) is 29.5 Å². The summed E-state index contributed by atoms with van der Waals surface area (Å²) in [5, 5.41) is 0. The average Bonchev–Trinajstić information content (AvgIpc) is 2.48. The molecule has 0 aliphatic carbocycles. The first-order chi connectivity index (χ1) is 9.33. The third kappa shape index (κ3) is 4.62. The molecule has 0 aliphatic heterocycles. The standard InChI is InChI=1S/C17H19.BrH.Mg/c1-2-3-5-8-15-11-13-17(14-12-15)16-9-6-4-7-10-16;;/h6-7,9-14H,2-3,5,8H2,1H3;1H;/q;;+1/p-1. The second kappa shape index (κ2) is 8.08. The first-order valence-electron chi connectivity index (χ1n) is 7.07. The van der Waals surface area contributed by atoms with Gasteiger partial charge in [0.05, 0.1) is 0 Å². The molecule has 0 aromatic heterocycles. The molecule has 2 rings (SSSR count). The van der Waals surface area contributed by atoms with Gasteiger partial charge in [-0.15, -0.1) is 0 Å². The Bertz CT molecular complexity index is 488. The zero-order chi connectivity index (χ0) is 13.5. The number of aryl methyl sites for hydroxylation is 1. The maximum atomic E-state index is 3.62. The SMILES string of the molecule is CCCCCc1ccc(-c2cc[c]([Mg][Br])cc2)cc1. The van der Waals surface area contributed by atoms with E-state index in [9.17, 15) is 0 Å². The Morgan fingerprint density at radius 1 is 0.842 bits per heavy atom. The molecule has 2 aromatic rings. The van der Waals surface area contributed by atoms with Crippen molar-refractivity contribution in [2.75, 3.05) is 0 Å². The van der Waals surface area contributed by atoms with E-state index < -0.39 is 0 Å². The minimum absolute atomic E-state index is 0.211. The van der Waals surface area contributed by atoms with Gasteiger partial charge in [-0.25, -0.2) is 0 Å². The van der Waals surface area contributed by atoms with Gasteiger partial charge in [0.25, 0.3) is 0 Å². The molecule has 0 aliphatic rings. The molecular formula is C17H19BrMg. The lowest BCUT2D eigenvalue weighted by Crippen LogP contribution is -2.06. The highest BCUT2D eigenvalue weighted by atomic mass is 79.9. The predicted molar refractivity (Wildman–Crippen MR) is 89.4 cm³/mol. The van der Waals surface area contributed by atoms with Crippen molar-refractivity contribution in [2.45, 2.75) is 32.6 Å². The van der Waals surface area contributed by atoms with Crippen LogP contribution in [-0.4, -0.2) is 18.2 Å². The largest absolute Gasteiger partial charge is 0.506 e. The molecule has 19 heavy (non-hydrogen) atoms. The Morgan fingerprint density at radius 3 is 1.95 bits per heavy atom. The summed E-state index contributed by atoms with van der Waals surface area (Å²) in [6.07, 6.45) is 5.14. The summed E-state index contributed by atoms with van der Waals surface area (Å²) in [6, 6.07) is 18.0. The second-order valence-corrected chi connectivity index (χ2v) is 7.75. The molecule has 96 valence electrons. The summed E-state index contributed by atoms with van der Waals surface area (Å²) in [6.45, 7) is 2.25. The molecule has 0 amide bonds. The van der Waals surface area contributed by atoms with Crippen LogP contribution in [0.3, 0.4) is 0 Å². The van der Waals surface area contributed by atoms with E-state index in [1.165, 1.54) is 46.1 Å². The van der Waals surface area contributed by atoms with Gasteiger partial charge >= 0.3 is 18.2 Å². The van der Waals surface area contributed by atoms with Gasteiger partial charge in [-0.1, -0.05) is 68.3 Å².